The van der Waals surface area contributed by atoms with E-state index >= 15 is 0 Å². The Labute approximate surface area is 159 Å². The summed E-state index contributed by atoms with van der Waals surface area (Å²) in [6.07, 6.45) is 0.385. The predicted molar refractivity (Wildman–Crippen MR) is 95.9 cm³/mol. The van der Waals surface area contributed by atoms with E-state index in [0.29, 0.717) is 12.6 Å². The van der Waals surface area contributed by atoms with Crippen molar-refractivity contribution >= 4 is 5.91 Å². The van der Waals surface area contributed by atoms with Crippen molar-refractivity contribution in [2.24, 2.45) is 0 Å². The van der Waals surface area contributed by atoms with Crippen molar-refractivity contribution in [3.05, 3.63) is 5.82 Å². The Morgan fingerprint density at radius 3 is 2.52 bits per heavy atom. The highest BCUT2D eigenvalue weighted by Crippen LogP contribution is 2.17. The standard InChI is InChI=1S/C17H29N7O3/c1-13-7-21(8-14(2)27-13)11-16-18-19-20-24(16)12-17(25)23-9-15(10-23)22-3-5-26-6-4-22/h13-15H,3-12H2,1-2H3/t13-,14+. The first-order valence-corrected chi connectivity index (χ1v) is 9.81. The Kier molecular flexibility index (Phi) is 5.67. The number of morpholine rings is 2. The summed E-state index contributed by atoms with van der Waals surface area (Å²) in [7, 11) is 0. The van der Waals surface area contributed by atoms with Crippen molar-refractivity contribution in [2.45, 2.75) is 45.2 Å². The molecule has 1 amide bonds. The van der Waals surface area contributed by atoms with Crippen LogP contribution in [0.5, 0.6) is 0 Å². The molecule has 1 aromatic rings. The van der Waals surface area contributed by atoms with Crippen molar-refractivity contribution in [1.82, 2.24) is 34.9 Å². The van der Waals surface area contributed by atoms with Gasteiger partial charge in [0.05, 0.1) is 32.0 Å². The van der Waals surface area contributed by atoms with Gasteiger partial charge in [-0.15, -0.1) is 5.10 Å². The summed E-state index contributed by atoms with van der Waals surface area (Å²) in [4.78, 5) is 19.2. The van der Waals surface area contributed by atoms with Crippen LogP contribution in [0.2, 0.25) is 0 Å². The number of amides is 1. The maximum atomic E-state index is 12.6. The maximum absolute atomic E-state index is 12.6. The van der Waals surface area contributed by atoms with Crippen LogP contribution >= 0.6 is 0 Å². The Hall–Kier alpha value is -1.62. The minimum atomic E-state index is 0.0803. The lowest BCUT2D eigenvalue weighted by molar-refractivity contribution is -0.141. The van der Waals surface area contributed by atoms with Gasteiger partial charge in [0.2, 0.25) is 5.91 Å². The van der Waals surface area contributed by atoms with Crippen molar-refractivity contribution < 1.29 is 14.3 Å². The lowest BCUT2D eigenvalue weighted by Crippen LogP contribution is -2.63. The molecule has 3 aliphatic heterocycles. The van der Waals surface area contributed by atoms with Crippen LogP contribution in [0.25, 0.3) is 0 Å². The van der Waals surface area contributed by atoms with E-state index in [1.54, 1.807) is 4.68 Å². The van der Waals surface area contributed by atoms with Gasteiger partial charge in [0.25, 0.3) is 0 Å². The highest BCUT2D eigenvalue weighted by atomic mass is 16.5. The number of tetrazole rings is 1. The smallest absolute Gasteiger partial charge is 0.244 e. The van der Waals surface area contributed by atoms with Gasteiger partial charge < -0.3 is 14.4 Å². The van der Waals surface area contributed by atoms with Crippen LogP contribution in [0.15, 0.2) is 0 Å². The number of rotatable bonds is 5. The number of carbonyl (C=O) groups excluding carboxylic acids is 1. The predicted octanol–water partition coefficient (Wildman–Crippen LogP) is -1.17. The monoisotopic (exact) mass is 379 g/mol. The molecule has 0 spiro atoms. The van der Waals surface area contributed by atoms with Crippen molar-refractivity contribution in [2.75, 3.05) is 52.5 Å². The molecule has 3 fully saturated rings. The summed E-state index contributed by atoms with van der Waals surface area (Å²) >= 11 is 0. The van der Waals surface area contributed by atoms with Crippen LogP contribution in [0.1, 0.15) is 19.7 Å². The number of likely N-dealkylation sites (tertiary alicyclic amines) is 1. The minimum absolute atomic E-state index is 0.0803. The first-order chi connectivity index (χ1) is 13.1. The second kappa shape index (κ2) is 8.17. The molecule has 3 saturated heterocycles. The summed E-state index contributed by atoms with van der Waals surface area (Å²) in [5.74, 6) is 0.812. The second-order valence-corrected chi connectivity index (χ2v) is 7.81. The van der Waals surface area contributed by atoms with E-state index in [1.165, 1.54) is 0 Å². The van der Waals surface area contributed by atoms with E-state index in [1.807, 2.05) is 4.90 Å². The molecule has 10 heteroatoms. The molecular weight excluding hydrogens is 350 g/mol. The first-order valence-electron chi connectivity index (χ1n) is 9.81. The summed E-state index contributed by atoms with van der Waals surface area (Å²) in [6.45, 7) is 11.7. The molecule has 150 valence electrons. The Bertz CT molecular complexity index is 632. The van der Waals surface area contributed by atoms with E-state index in [9.17, 15) is 4.79 Å². The van der Waals surface area contributed by atoms with Crippen molar-refractivity contribution in [3.8, 4) is 0 Å². The molecular formula is C17H29N7O3. The lowest BCUT2D eigenvalue weighted by atomic mass is 10.1. The SMILES string of the molecule is C[C@@H]1CN(Cc2nnnn2CC(=O)N2CC(N3CCOCC3)C2)C[C@H](C)O1. The number of ether oxygens (including phenoxy) is 2. The quantitative estimate of drug-likeness (QED) is 0.632. The van der Waals surface area contributed by atoms with E-state index in [2.05, 4.69) is 39.2 Å². The summed E-state index contributed by atoms with van der Waals surface area (Å²) in [5.41, 5.74) is 0. The molecule has 3 aliphatic rings. The molecule has 10 nitrogen and oxygen atoms in total. The van der Waals surface area contributed by atoms with Gasteiger partial charge >= 0.3 is 0 Å². The van der Waals surface area contributed by atoms with Crippen LogP contribution in [0.4, 0.5) is 0 Å². The number of hydrogen-bond acceptors (Lipinski definition) is 8. The van der Waals surface area contributed by atoms with Gasteiger partial charge in [0.15, 0.2) is 5.82 Å². The second-order valence-electron chi connectivity index (χ2n) is 7.81. The van der Waals surface area contributed by atoms with E-state index in [0.717, 1.165) is 58.3 Å². The zero-order chi connectivity index (χ0) is 18.8. The van der Waals surface area contributed by atoms with E-state index in [-0.39, 0.29) is 24.7 Å². The Balaban J connectivity index is 1.28. The highest BCUT2D eigenvalue weighted by Gasteiger charge is 2.35. The molecule has 0 unspecified atom stereocenters. The number of carbonyl (C=O) groups is 1. The molecule has 2 atom stereocenters. The molecule has 0 aromatic carbocycles. The van der Waals surface area contributed by atoms with Crippen LogP contribution in [-0.4, -0.2) is 112 Å². The number of aromatic nitrogens is 4. The first kappa shape index (κ1) is 18.7. The van der Waals surface area contributed by atoms with Gasteiger partial charge in [0, 0.05) is 45.3 Å². The average molecular weight is 379 g/mol. The average Bonchev–Trinajstić information content (AvgIpc) is 3.00. The van der Waals surface area contributed by atoms with Crippen LogP contribution in [0.3, 0.4) is 0 Å². The third kappa shape index (κ3) is 4.45. The largest absolute Gasteiger partial charge is 0.379 e. The summed E-state index contributed by atoms with van der Waals surface area (Å²) in [5, 5.41) is 11.9. The molecule has 0 saturated carbocycles. The normalized spacial score (nSPS) is 28.3. The molecule has 0 bridgehead atoms. The van der Waals surface area contributed by atoms with Gasteiger partial charge in [-0.25, -0.2) is 4.68 Å². The van der Waals surface area contributed by atoms with Crippen LogP contribution in [-0.2, 0) is 27.4 Å². The van der Waals surface area contributed by atoms with Crippen molar-refractivity contribution in [1.29, 1.82) is 0 Å². The number of nitrogens with zero attached hydrogens (tertiary/aromatic N) is 7. The van der Waals surface area contributed by atoms with E-state index < -0.39 is 0 Å². The van der Waals surface area contributed by atoms with Crippen LogP contribution < -0.4 is 0 Å². The molecule has 0 radical (unpaired) electrons. The van der Waals surface area contributed by atoms with Gasteiger partial charge in [-0.2, -0.15) is 0 Å². The molecule has 4 rings (SSSR count). The topological polar surface area (TPSA) is 88.9 Å². The van der Waals surface area contributed by atoms with E-state index in [4.69, 9.17) is 9.47 Å². The maximum Gasteiger partial charge on any atom is 0.244 e. The summed E-state index contributed by atoms with van der Waals surface area (Å²) in [6, 6.07) is 0.461. The third-order valence-corrected chi connectivity index (χ3v) is 5.53. The van der Waals surface area contributed by atoms with Gasteiger partial charge in [-0.05, 0) is 24.3 Å². The Morgan fingerprint density at radius 1 is 1.11 bits per heavy atom. The number of hydrogen-bond donors (Lipinski definition) is 0. The minimum Gasteiger partial charge on any atom is -0.379 e. The lowest BCUT2D eigenvalue weighted by Gasteiger charge is -2.46. The fraction of sp³-hybridized carbons (Fsp3) is 0.882. The third-order valence-electron chi connectivity index (χ3n) is 5.53. The molecule has 0 N–H and O–H groups in total. The fourth-order valence-corrected chi connectivity index (χ4v) is 4.13. The molecule has 1 aromatic heterocycles. The van der Waals surface area contributed by atoms with Crippen LogP contribution in [0, 0.1) is 0 Å². The fourth-order valence-electron chi connectivity index (χ4n) is 4.13. The molecule has 27 heavy (non-hydrogen) atoms. The summed E-state index contributed by atoms with van der Waals surface area (Å²) < 4.78 is 12.8. The Morgan fingerprint density at radius 2 is 1.81 bits per heavy atom. The highest BCUT2D eigenvalue weighted by molar-refractivity contribution is 5.77. The molecule has 0 aliphatic carbocycles. The molecule has 4 heterocycles. The van der Waals surface area contributed by atoms with Gasteiger partial charge in [0.1, 0.15) is 6.54 Å². The van der Waals surface area contributed by atoms with Gasteiger partial charge in [-0.3, -0.25) is 14.6 Å². The van der Waals surface area contributed by atoms with Crippen molar-refractivity contribution in [3.63, 3.8) is 0 Å². The zero-order valence-corrected chi connectivity index (χ0v) is 16.2. The zero-order valence-electron chi connectivity index (χ0n) is 16.2. The van der Waals surface area contributed by atoms with Gasteiger partial charge in [-0.1, -0.05) is 0 Å².